The molecule has 0 aliphatic rings. The van der Waals surface area contributed by atoms with Crippen LogP contribution in [0.3, 0.4) is 0 Å². The molecule has 5 heteroatoms. The molecule has 1 aromatic rings. The van der Waals surface area contributed by atoms with Gasteiger partial charge in [-0.3, -0.25) is 0 Å². The lowest BCUT2D eigenvalue weighted by atomic mass is 10.1. The van der Waals surface area contributed by atoms with Crippen LogP contribution in [0, 0.1) is 0 Å². The van der Waals surface area contributed by atoms with Gasteiger partial charge in [0.1, 0.15) is 0 Å². The highest BCUT2D eigenvalue weighted by Crippen LogP contribution is 2.05. The second kappa shape index (κ2) is 7.65. The third kappa shape index (κ3) is 4.84. The number of ether oxygens (including phenoxy) is 2. The molecular weight excluding hydrogens is 220 g/mol. The SMILES string of the molecule is COCCCOCc1ccc(/C(N)=N/O)cc1. The molecule has 3 N–H and O–H groups in total. The van der Waals surface area contributed by atoms with Gasteiger partial charge in [-0.25, -0.2) is 0 Å². The maximum atomic E-state index is 8.51. The van der Waals surface area contributed by atoms with E-state index in [0.29, 0.717) is 25.4 Å². The highest BCUT2D eigenvalue weighted by Gasteiger charge is 1.99. The van der Waals surface area contributed by atoms with Crippen molar-refractivity contribution in [3.63, 3.8) is 0 Å². The van der Waals surface area contributed by atoms with Crippen LogP contribution in [0.2, 0.25) is 0 Å². The third-order valence-electron chi connectivity index (χ3n) is 2.26. The normalized spacial score (nSPS) is 11.7. The first-order valence-corrected chi connectivity index (χ1v) is 5.41. The van der Waals surface area contributed by atoms with Crippen LogP contribution in [0.4, 0.5) is 0 Å². The summed E-state index contributed by atoms with van der Waals surface area (Å²) in [7, 11) is 1.67. The molecule has 0 heterocycles. The number of rotatable bonds is 7. The predicted octanol–water partition coefficient (Wildman–Crippen LogP) is 1.33. The zero-order valence-electron chi connectivity index (χ0n) is 9.93. The van der Waals surface area contributed by atoms with E-state index in [1.54, 1.807) is 19.2 Å². The number of hydrogen-bond donors (Lipinski definition) is 2. The monoisotopic (exact) mass is 238 g/mol. The van der Waals surface area contributed by atoms with E-state index in [-0.39, 0.29) is 5.84 Å². The van der Waals surface area contributed by atoms with Crippen LogP contribution in [0.25, 0.3) is 0 Å². The average molecular weight is 238 g/mol. The van der Waals surface area contributed by atoms with E-state index in [4.69, 9.17) is 20.4 Å². The fourth-order valence-corrected chi connectivity index (χ4v) is 1.32. The maximum Gasteiger partial charge on any atom is 0.170 e. The molecule has 1 aromatic carbocycles. The Balaban J connectivity index is 2.35. The summed E-state index contributed by atoms with van der Waals surface area (Å²) in [6.07, 6.45) is 0.888. The van der Waals surface area contributed by atoms with E-state index in [1.165, 1.54) is 0 Å². The predicted molar refractivity (Wildman–Crippen MR) is 65.1 cm³/mol. The molecule has 0 radical (unpaired) electrons. The zero-order valence-corrected chi connectivity index (χ0v) is 9.93. The number of nitrogens with zero attached hydrogens (tertiary/aromatic N) is 1. The van der Waals surface area contributed by atoms with E-state index in [1.807, 2.05) is 12.1 Å². The molecule has 0 fully saturated rings. The summed E-state index contributed by atoms with van der Waals surface area (Å²) >= 11 is 0. The van der Waals surface area contributed by atoms with Gasteiger partial charge in [0.2, 0.25) is 0 Å². The van der Waals surface area contributed by atoms with Crippen LogP contribution in [0.5, 0.6) is 0 Å². The molecule has 0 saturated heterocycles. The minimum atomic E-state index is 0.109. The van der Waals surface area contributed by atoms with Crippen molar-refractivity contribution in [2.45, 2.75) is 13.0 Å². The number of hydrogen-bond acceptors (Lipinski definition) is 4. The van der Waals surface area contributed by atoms with Crippen molar-refractivity contribution in [1.82, 2.24) is 0 Å². The first-order valence-electron chi connectivity index (χ1n) is 5.41. The van der Waals surface area contributed by atoms with Gasteiger partial charge in [0.05, 0.1) is 6.61 Å². The Morgan fingerprint density at radius 1 is 1.29 bits per heavy atom. The lowest BCUT2D eigenvalue weighted by Crippen LogP contribution is -2.12. The van der Waals surface area contributed by atoms with Gasteiger partial charge in [-0.2, -0.15) is 0 Å². The summed E-state index contributed by atoms with van der Waals surface area (Å²) in [4.78, 5) is 0. The molecule has 0 spiro atoms. The van der Waals surface area contributed by atoms with E-state index < -0.39 is 0 Å². The molecule has 0 amide bonds. The smallest absolute Gasteiger partial charge is 0.170 e. The van der Waals surface area contributed by atoms with Gasteiger partial charge in [0, 0.05) is 25.9 Å². The van der Waals surface area contributed by atoms with Crippen molar-refractivity contribution in [1.29, 1.82) is 0 Å². The lowest BCUT2D eigenvalue weighted by molar-refractivity contribution is 0.0928. The van der Waals surface area contributed by atoms with Crippen LogP contribution in [-0.4, -0.2) is 31.4 Å². The van der Waals surface area contributed by atoms with E-state index in [0.717, 1.165) is 12.0 Å². The molecule has 5 nitrogen and oxygen atoms in total. The Hall–Kier alpha value is -1.59. The van der Waals surface area contributed by atoms with E-state index in [2.05, 4.69) is 5.16 Å². The Bertz CT molecular complexity index is 349. The van der Waals surface area contributed by atoms with Gasteiger partial charge in [-0.05, 0) is 12.0 Å². The molecule has 17 heavy (non-hydrogen) atoms. The number of amidine groups is 1. The standard InChI is InChI=1S/C12H18N2O3/c1-16-7-2-8-17-9-10-3-5-11(6-4-10)12(13)14-15/h3-6,15H,2,7-9H2,1H3,(H2,13,14). The van der Waals surface area contributed by atoms with Crippen LogP contribution < -0.4 is 5.73 Å². The number of methoxy groups -OCH3 is 1. The van der Waals surface area contributed by atoms with E-state index >= 15 is 0 Å². The molecule has 0 aliphatic heterocycles. The Morgan fingerprint density at radius 3 is 2.59 bits per heavy atom. The molecule has 0 saturated carbocycles. The Kier molecular flexibility index (Phi) is 6.06. The topological polar surface area (TPSA) is 77.1 Å². The quantitative estimate of drug-likeness (QED) is 0.247. The highest BCUT2D eigenvalue weighted by atomic mass is 16.5. The van der Waals surface area contributed by atoms with Crippen molar-refractivity contribution in [3.8, 4) is 0 Å². The summed E-state index contributed by atoms with van der Waals surface area (Å²) in [5, 5.41) is 11.4. The summed E-state index contributed by atoms with van der Waals surface area (Å²) in [6, 6.07) is 7.37. The first-order chi connectivity index (χ1) is 8.27. The van der Waals surface area contributed by atoms with Gasteiger partial charge >= 0.3 is 0 Å². The molecule has 94 valence electrons. The molecule has 0 bridgehead atoms. The Morgan fingerprint density at radius 2 is 2.00 bits per heavy atom. The Labute approximate surface area is 101 Å². The largest absolute Gasteiger partial charge is 0.409 e. The second-order valence-corrected chi connectivity index (χ2v) is 3.58. The molecule has 0 aliphatic carbocycles. The van der Waals surface area contributed by atoms with Gasteiger partial charge in [0.15, 0.2) is 5.84 Å². The van der Waals surface area contributed by atoms with Gasteiger partial charge in [-0.1, -0.05) is 29.4 Å². The zero-order chi connectivity index (χ0) is 12.5. The lowest BCUT2D eigenvalue weighted by Gasteiger charge is -2.05. The molecule has 1 rings (SSSR count). The molecular formula is C12H18N2O3. The van der Waals surface area contributed by atoms with Crippen molar-refractivity contribution < 1.29 is 14.7 Å². The highest BCUT2D eigenvalue weighted by molar-refractivity contribution is 5.96. The molecule has 0 atom stereocenters. The summed E-state index contributed by atoms with van der Waals surface area (Å²) in [6.45, 7) is 1.94. The van der Waals surface area contributed by atoms with E-state index in [9.17, 15) is 0 Å². The van der Waals surface area contributed by atoms with Crippen LogP contribution in [0.1, 0.15) is 17.5 Å². The first kappa shape index (κ1) is 13.5. The minimum absolute atomic E-state index is 0.109. The van der Waals surface area contributed by atoms with Crippen LogP contribution >= 0.6 is 0 Å². The van der Waals surface area contributed by atoms with Crippen molar-refractivity contribution in [3.05, 3.63) is 35.4 Å². The van der Waals surface area contributed by atoms with Crippen molar-refractivity contribution in [2.24, 2.45) is 10.9 Å². The molecule has 0 aromatic heterocycles. The minimum Gasteiger partial charge on any atom is -0.409 e. The van der Waals surface area contributed by atoms with Crippen molar-refractivity contribution in [2.75, 3.05) is 20.3 Å². The molecule has 0 unspecified atom stereocenters. The van der Waals surface area contributed by atoms with Gasteiger partial charge in [0.25, 0.3) is 0 Å². The summed E-state index contributed by atoms with van der Waals surface area (Å²) in [5.41, 5.74) is 7.20. The fraction of sp³-hybridized carbons (Fsp3) is 0.417. The summed E-state index contributed by atoms with van der Waals surface area (Å²) in [5.74, 6) is 0.109. The third-order valence-corrected chi connectivity index (χ3v) is 2.26. The number of benzene rings is 1. The van der Waals surface area contributed by atoms with Crippen LogP contribution in [-0.2, 0) is 16.1 Å². The van der Waals surface area contributed by atoms with Gasteiger partial charge in [-0.15, -0.1) is 0 Å². The van der Waals surface area contributed by atoms with Gasteiger partial charge < -0.3 is 20.4 Å². The van der Waals surface area contributed by atoms with Crippen molar-refractivity contribution >= 4 is 5.84 Å². The maximum absolute atomic E-state index is 8.51. The second-order valence-electron chi connectivity index (χ2n) is 3.58. The summed E-state index contributed by atoms with van der Waals surface area (Å²) < 4.78 is 10.4. The van der Waals surface area contributed by atoms with Crippen LogP contribution in [0.15, 0.2) is 29.4 Å². The fourth-order valence-electron chi connectivity index (χ4n) is 1.32. The number of nitrogens with two attached hydrogens (primary N) is 1. The average Bonchev–Trinajstić information content (AvgIpc) is 2.38. The number of oxime groups is 1.